The molecule has 4 nitrogen and oxygen atoms in total. The molecule has 0 radical (unpaired) electrons. The van der Waals surface area contributed by atoms with Gasteiger partial charge in [-0.05, 0) is 25.7 Å². The number of rotatable bonds is 2. The van der Waals surface area contributed by atoms with Gasteiger partial charge in [0.25, 0.3) is 0 Å². The second-order valence-electron chi connectivity index (χ2n) is 4.92. The van der Waals surface area contributed by atoms with E-state index in [1.807, 2.05) is 0 Å². The van der Waals surface area contributed by atoms with E-state index in [-0.39, 0.29) is 6.10 Å². The van der Waals surface area contributed by atoms with Crippen LogP contribution in [0.15, 0.2) is 0 Å². The van der Waals surface area contributed by atoms with Crippen molar-refractivity contribution in [2.45, 2.75) is 57.0 Å². The number of H-pyrrole nitrogens is 1. The zero-order valence-electron chi connectivity index (χ0n) is 9.61. The average Bonchev–Trinajstić information content (AvgIpc) is 3.01. The lowest BCUT2D eigenvalue weighted by molar-refractivity contribution is 0.105. The van der Waals surface area contributed by atoms with Gasteiger partial charge in [-0.1, -0.05) is 19.3 Å². The molecule has 2 aliphatic rings. The molecule has 1 saturated heterocycles. The fourth-order valence-electron chi connectivity index (χ4n) is 2.77. The van der Waals surface area contributed by atoms with E-state index in [1.54, 1.807) is 0 Å². The first-order valence-electron chi connectivity index (χ1n) is 6.47. The normalized spacial score (nSPS) is 27.4. The monoisotopic (exact) mass is 221 g/mol. The van der Waals surface area contributed by atoms with Crippen molar-refractivity contribution in [2.75, 3.05) is 6.61 Å². The van der Waals surface area contributed by atoms with Crippen LogP contribution in [0, 0.1) is 0 Å². The SMILES string of the molecule is C1CCC(c2n[nH]c(C3CCCO3)n2)CC1. The lowest BCUT2D eigenvalue weighted by Gasteiger charge is -2.18. The van der Waals surface area contributed by atoms with Crippen LogP contribution in [-0.2, 0) is 4.74 Å². The molecular weight excluding hydrogens is 202 g/mol. The maximum Gasteiger partial charge on any atom is 0.153 e. The molecule has 0 bridgehead atoms. The molecule has 1 aliphatic carbocycles. The molecule has 1 saturated carbocycles. The molecule has 1 aromatic rings. The van der Waals surface area contributed by atoms with E-state index in [1.165, 1.54) is 32.1 Å². The summed E-state index contributed by atoms with van der Waals surface area (Å²) in [5.74, 6) is 2.54. The van der Waals surface area contributed by atoms with E-state index >= 15 is 0 Å². The van der Waals surface area contributed by atoms with Crippen LogP contribution in [-0.4, -0.2) is 21.8 Å². The van der Waals surface area contributed by atoms with Gasteiger partial charge < -0.3 is 4.74 Å². The van der Waals surface area contributed by atoms with Gasteiger partial charge in [-0.15, -0.1) is 0 Å². The van der Waals surface area contributed by atoms with Gasteiger partial charge in [-0.3, -0.25) is 5.10 Å². The number of aromatic nitrogens is 3. The van der Waals surface area contributed by atoms with E-state index < -0.39 is 0 Å². The summed E-state index contributed by atoms with van der Waals surface area (Å²) >= 11 is 0. The molecule has 16 heavy (non-hydrogen) atoms. The largest absolute Gasteiger partial charge is 0.370 e. The number of ether oxygens (including phenoxy) is 1. The smallest absolute Gasteiger partial charge is 0.153 e. The molecule has 2 heterocycles. The molecule has 0 aromatic carbocycles. The van der Waals surface area contributed by atoms with Crippen LogP contribution < -0.4 is 0 Å². The van der Waals surface area contributed by atoms with Crippen molar-refractivity contribution in [1.29, 1.82) is 0 Å². The predicted molar refractivity (Wildman–Crippen MR) is 60.1 cm³/mol. The van der Waals surface area contributed by atoms with E-state index in [4.69, 9.17) is 4.74 Å². The van der Waals surface area contributed by atoms with Crippen LogP contribution in [0.1, 0.15) is 68.6 Å². The van der Waals surface area contributed by atoms with Crippen molar-refractivity contribution in [2.24, 2.45) is 0 Å². The number of nitrogens with zero attached hydrogens (tertiary/aromatic N) is 2. The number of hydrogen-bond donors (Lipinski definition) is 1. The Kier molecular flexibility index (Phi) is 2.91. The van der Waals surface area contributed by atoms with Gasteiger partial charge in [0.1, 0.15) is 6.10 Å². The minimum Gasteiger partial charge on any atom is -0.370 e. The van der Waals surface area contributed by atoms with E-state index in [0.717, 1.165) is 31.1 Å². The molecule has 1 N–H and O–H groups in total. The molecule has 1 unspecified atom stereocenters. The Morgan fingerprint density at radius 1 is 1.06 bits per heavy atom. The van der Waals surface area contributed by atoms with Crippen molar-refractivity contribution in [1.82, 2.24) is 15.2 Å². The Hall–Kier alpha value is -0.900. The first kappa shape index (κ1) is 10.3. The summed E-state index contributed by atoms with van der Waals surface area (Å²) in [6.45, 7) is 0.865. The van der Waals surface area contributed by atoms with Crippen molar-refractivity contribution < 1.29 is 4.74 Å². The lowest BCUT2D eigenvalue weighted by Crippen LogP contribution is -2.06. The first-order chi connectivity index (χ1) is 7.93. The zero-order chi connectivity index (χ0) is 10.8. The predicted octanol–water partition coefficient (Wildman–Crippen LogP) is 2.70. The Morgan fingerprint density at radius 2 is 1.94 bits per heavy atom. The van der Waals surface area contributed by atoms with Gasteiger partial charge in [-0.25, -0.2) is 4.98 Å². The molecular formula is C12H19N3O. The summed E-state index contributed by atoms with van der Waals surface area (Å²) in [4.78, 5) is 4.62. The minimum atomic E-state index is 0.171. The molecule has 4 heteroatoms. The third-order valence-electron chi connectivity index (χ3n) is 3.72. The summed E-state index contributed by atoms with van der Waals surface area (Å²) in [7, 11) is 0. The molecule has 1 aromatic heterocycles. The second kappa shape index (κ2) is 4.53. The van der Waals surface area contributed by atoms with Gasteiger partial charge in [0.2, 0.25) is 0 Å². The Labute approximate surface area is 95.8 Å². The highest BCUT2D eigenvalue weighted by atomic mass is 16.5. The van der Waals surface area contributed by atoms with Gasteiger partial charge in [0.15, 0.2) is 11.6 Å². The van der Waals surface area contributed by atoms with Crippen molar-refractivity contribution >= 4 is 0 Å². The maximum atomic E-state index is 5.61. The van der Waals surface area contributed by atoms with Crippen molar-refractivity contribution in [3.05, 3.63) is 11.6 Å². The topological polar surface area (TPSA) is 50.8 Å². The zero-order valence-corrected chi connectivity index (χ0v) is 9.61. The van der Waals surface area contributed by atoms with Gasteiger partial charge >= 0.3 is 0 Å². The van der Waals surface area contributed by atoms with Crippen LogP contribution in [0.4, 0.5) is 0 Å². The fraction of sp³-hybridized carbons (Fsp3) is 0.833. The van der Waals surface area contributed by atoms with Crippen molar-refractivity contribution in [3.63, 3.8) is 0 Å². The van der Waals surface area contributed by atoms with E-state index in [9.17, 15) is 0 Å². The lowest BCUT2D eigenvalue weighted by atomic mass is 9.89. The van der Waals surface area contributed by atoms with Crippen LogP contribution in [0.2, 0.25) is 0 Å². The van der Waals surface area contributed by atoms with Crippen LogP contribution in [0.5, 0.6) is 0 Å². The highest BCUT2D eigenvalue weighted by molar-refractivity contribution is 5.01. The maximum absolute atomic E-state index is 5.61. The third-order valence-corrected chi connectivity index (χ3v) is 3.72. The number of aromatic amines is 1. The summed E-state index contributed by atoms with van der Waals surface area (Å²) in [6.07, 6.45) is 8.93. The van der Waals surface area contributed by atoms with E-state index in [0.29, 0.717) is 5.92 Å². The third kappa shape index (κ3) is 1.98. The van der Waals surface area contributed by atoms with Crippen LogP contribution >= 0.6 is 0 Å². The first-order valence-corrected chi connectivity index (χ1v) is 6.47. The molecule has 1 aliphatic heterocycles. The standard InChI is InChI=1S/C12H19N3O/c1-2-5-9(6-3-1)11-13-12(15-14-11)10-7-4-8-16-10/h9-10H,1-8H2,(H,13,14,15). The van der Waals surface area contributed by atoms with Gasteiger partial charge in [0.05, 0.1) is 0 Å². The second-order valence-corrected chi connectivity index (χ2v) is 4.92. The number of nitrogens with one attached hydrogen (secondary N) is 1. The van der Waals surface area contributed by atoms with Crippen molar-refractivity contribution in [3.8, 4) is 0 Å². The molecule has 88 valence electrons. The summed E-state index contributed by atoms with van der Waals surface area (Å²) < 4.78 is 5.61. The van der Waals surface area contributed by atoms with Gasteiger partial charge in [-0.2, -0.15) is 5.10 Å². The minimum absolute atomic E-state index is 0.171. The Morgan fingerprint density at radius 3 is 2.69 bits per heavy atom. The Balaban J connectivity index is 1.71. The van der Waals surface area contributed by atoms with Crippen LogP contribution in [0.25, 0.3) is 0 Å². The van der Waals surface area contributed by atoms with E-state index in [2.05, 4.69) is 15.2 Å². The molecule has 3 rings (SSSR count). The quantitative estimate of drug-likeness (QED) is 0.835. The molecule has 0 spiro atoms. The average molecular weight is 221 g/mol. The molecule has 1 atom stereocenters. The highest BCUT2D eigenvalue weighted by Gasteiger charge is 2.24. The summed E-state index contributed by atoms with van der Waals surface area (Å²) in [5.41, 5.74) is 0. The summed E-state index contributed by atoms with van der Waals surface area (Å²) in [6, 6.07) is 0. The molecule has 0 amide bonds. The highest BCUT2D eigenvalue weighted by Crippen LogP contribution is 2.32. The Bertz CT molecular complexity index is 338. The van der Waals surface area contributed by atoms with Gasteiger partial charge in [0, 0.05) is 12.5 Å². The fourth-order valence-corrected chi connectivity index (χ4v) is 2.77. The summed E-state index contributed by atoms with van der Waals surface area (Å²) in [5, 5.41) is 7.43. The molecule has 2 fully saturated rings. The number of hydrogen-bond acceptors (Lipinski definition) is 3. The van der Waals surface area contributed by atoms with Crippen LogP contribution in [0.3, 0.4) is 0 Å².